The number of hydrogen-bond acceptors (Lipinski definition) is 19. The van der Waals surface area contributed by atoms with Crippen LogP contribution in [-0.2, 0) is 46.7 Å². The standard InChI is InChI=1S/C80H89N13O16/c1-45(2)71(86-69(96)40-83-68(95)39-82-67(94)26-27-70(97)90-41-50-14-9-10-15-55(50)72-73(93(46(3)4)88-87-72)56-16-11-12-17-60(56)90)75(99)84-47(5)74(98)85-52-22-18-48(19-23-52)43-109-79(103)92-61-36-66(64(106-8)34-58(61)77(101)91-44-80(28-29-80)37-62(91)78(92)102)108-31-13-30-107-65-35-59-57(33-63(65)105-7)76(100)89-42-51(32-53(89)38-81-59)49-20-24-54(104-6)25-21-49/h9-12,14-25,33-36,42,45-47,53,62,71,78,81,102H,13,26-32,37-41,43-44H2,1-8H3,(H,82,94)(H,83,95)(H,84,99)(H,85,98)(H,86,96)/t47-,53-,62-,71-,78-/m0/s1. The van der Waals surface area contributed by atoms with E-state index >= 15 is 0 Å². The highest BCUT2D eigenvalue weighted by Crippen LogP contribution is 2.57. The molecule has 0 radical (unpaired) electrons. The maximum Gasteiger partial charge on any atom is 0.416 e. The van der Waals surface area contributed by atoms with Crippen LogP contribution in [-0.4, -0.2) is 174 Å². The summed E-state index contributed by atoms with van der Waals surface area (Å²) in [4.78, 5) is 130. The number of fused-ring (bicyclic) bond motifs is 9. The van der Waals surface area contributed by atoms with Crippen molar-refractivity contribution in [3.8, 4) is 51.3 Å². The highest BCUT2D eigenvalue weighted by molar-refractivity contribution is 6.07. The van der Waals surface area contributed by atoms with Crippen LogP contribution in [0.4, 0.5) is 27.5 Å². The molecule has 13 rings (SSSR count). The molecule has 2 fully saturated rings. The molecule has 5 aliphatic heterocycles. The number of anilines is 4. The fourth-order valence-corrected chi connectivity index (χ4v) is 14.5. The van der Waals surface area contributed by atoms with Crippen molar-refractivity contribution in [1.82, 2.24) is 46.1 Å². The average Bonchev–Trinajstić information content (AvgIpc) is 1.58. The van der Waals surface area contributed by atoms with Gasteiger partial charge in [-0.15, -0.1) is 5.10 Å². The molecule has 0 unspecified atom stereocenters. The number of hydrogen-bond donors (Lipinski definition) is 7. The van der Waals surface area contributed by atoms with Crippen LogP contribution < -0.4 is 65.4 Å². The number of aliphatic hydroxyl groups is 1. The Balaban J connectivity index is 0.569. The van der Waals surface area contributed by atoms with Gasteiger partial charge in [0.15, 0.2) is 29.2 Å². The largest absolute Gasteiger partial charge is 0.497 e. The minimum absolute atomic E-state index is 0.0292. The molecule has 570 valence electrons. The number of aliphatic hydroxyl groups excluding tert-OH is 1. The first-order chi connectivity index (χ1) is 52.5. The third-order valence-electron chi connectivity index (χ3n) is 20.6. The van der Waals surface area contributed by atoms with Gasteiger partial charge in [-0.2, -0.15) is 0 Å². The van der Waals surface area contributed by atoms with Crippen molar-refractivity contribution in [2.75, 3.05) is 81.2 Å². The van der Waals surface area contributed by atoms with Gasteiger partial charge in [0, 0.05) is 73.5 Å². The Bertz CT molecular complexity index is 4710. The smallest absolute Gasteiger partial charge is 0.416 e. The molecule has 6 aliphatic rings. The summed E-state index contributed by atoms with van der Waals surface area (Å²) in [5.41, 5.74) is 8.54. The molecule has 6 aromatic carbocycles. The normalized spacial score (nSPS) is 17.5. The maximum atomic E-state index is 14.5. The van der Waals surface area contributed by atoms with E-state index in [4.69, 9.17) is 28.4 Å². The molecule has 1 saturated carbocycles. The third kappa shape index (κ3) is 16.2. The van der Waals surface area contributed by atoms with Crippen LogP contribution in [0.25, 0.3) is 28.1 Å². The number of benzene rings is 6. The Morgan fingerprint density at radius 2 is 1.37 bits per heavy atom. The summed E-state index contributed by atoms with van der Waals surface area (Å²) in [5.74, 6) is -2.60. The van der Waals surface area contributed by atoms with Crippen molar-refractivity contribution in [3.63, 3.8) is 0 Å². The first-order valence-corrected chi connectivity index (χ1v) is 36.6. The quantitative estimate of drug-likeness (QED) is 0.0250. The number of nitrogens with one attached hydrogen (secondary N) is 6. The van der Waals surface area contributed by atoms with E-state index in [-0.39, 0.29) is 97.2 Å². The number of nitrogens with zero attached hydrogens (tertiary/aromatic N) is 7. The molecule has 1 aromatic heterocycles. The predicted molar refractivity (Wildman–Crippen MR) is 403 cm³/mol. The Labute approximate surface area is 629 Å². The lowest BCUT2D eigenvalue weighted by Gasteiger charge is -2.31. The summed E-state index contributed by atoms with van der Waals surface area (Å²) < 4.78 is 37.1. The Morgan fingerprint density at radius 1 is 0.688 bits per heavy atom. The Morgan fingerprint density at radius 3 is 2.06 bits per heavy atom. The molecule has 1 spiro atoms. The molecule has 29 nitrogen and oxygen atoms in total. The zero-order valence-electron chi connectivity index (χ0n) is 62.0. The molecule has 7 aromatic rings. The van der Waals surface area contributed by atoms with Crippen molar-refractivity contribution in [2.24, 2.45) is 11.3 Å². The van der Waals surface area contributed by atoms with Gasteiger partial charge in [-0.1, -0.05) is 85.8 Å². The van der Waals surface area contributed by atoms with E-state index in [1.54, 1.807) is 72.1 Å². The van der Waals surface area contributed by atoms with Gasteiger partial charge in [0.05, 0.1) is 100 Å². The molecule has 6 heterocycles. The van der Waals surface area contributed by atoms with Crippen molar-refractivity contribution in [2.45, 2.75) is 129 Å². The number of carbonyl (C=O) groups excluding carboxylic acids is 9. The Kier molecular flexibility index (Phi) is 22.2. The van der Waals surface area contributed by atoms with Gasteiger partial charge < -0.3 is 80.1 Å². The molecule has 7 N–H and O–H groups in total. The SMILES string of the molecule is COc1ccc(C2=CN3C(=O)c4cc(OC)c(OCCCOc5cc6c(cc5OC)C(=O)N5CC7(CC7)C[C@H]5[C@H](O)N6C(=O)OCc5ccc(NC(=O)[C@H](C)NC(=O)[C@@H](NC(=O)CNC(=O)CNC(=O)CCC(=O)N6Cc7ccccc7-c7nnn(C(C)C)c7-c7ccccc76)C(C)C)cc5)cc4NC[C@@H]3C2)cc1. The summed E-state index contributed by atoms with van der Waals surface area (Å²) in [6.07, 6.45) is 2.33. The monoisotopic (exact) mass is 1490 g/mol. The lowest BCUT2D eigenvalue weighted by atomic mass is 9.95. The third-order valence-corrected chi connectivity index (χ3v) is 20.6. The van der Waals surface area contributed by atoms with Gasteiger partial charge in [0.2, 0.25) is 35.4 Å². The van der Waals surface area contributed by atoms with Crippen LogP contribution in [0.2, 0.25) is 0 Å². The number of carbonyl (C=O) groups is 9. The van der Waals surface area contributed by atoms with Gasteiger partial charge >= 0.3 is 6.09 Å². The number of amides is 9. The summed E-state index contributed by atoms with van der Waals surface area (Å²) in [6.45, 7) is 8.96. The minimum atomic E-state index is -1.50. The van der Waals surface area contributed by atoms with Gasteiger partial charge in [-0.25, -0.2) is 14.4 Å². The van der Waals surface area contributed by atoms with E-state index in [1.807, 2.05) is 97.5 Å². The molecular weight excluding hydrogens is 1400 g/mol. The molecule has 0 bridgehead atoms. The fourth-order valence-electron chi connectivity index (χ4n) is 14.5. The van der Waals surface area contributed by atoms with Crippen molar-refractivity contribution >= 4 is 81.7 Å². The van der Waals surface area contributed by atoms with Crippen LogP contribution >= 0.6 is 0 Å². The first kappa shape index (κ1) is 75.2. The molecule has 1 aliphatic carbocycles. The predicted octanol–water partition coefficient (Wildman–Crippen LogP) is 8.36. The van der Waals surface area contributed by atoms with E-state index in [0.717, 1.165) is 57.0 Å². The second-order valence-electron chi connectivity index (χ2n) is 28.7. The van der Waals surface area contributed by atoms with Crippen molar-refractivity contribution in [1.29, 1.82) is 0 Å². The number of ether oxygens (including phenoxy) is 6. The fraction of sp³-hybridized carbons (Fsp3) is 0.388. The highest BCUT2D eigenvalue weighted by atomic mass is 16.6. The van der Waals surface area contributed by atoms with Crippen LogP contribution in [0.3, 0.4) is 0 Å². The van der Waals surface area contributed by atoms with Crippen LogP contribution in [0.5, 0.6) is 28.7 Å². The maximum absolute atomic E-state index is 14.5. The first-order valence-electron chi connectivity index (χ1n) is 36.6. The molecule has 109 heavy (non-hydrogen) atoms. The summed E-state index contributed by atoms with van der Waals surface area (Å²) in [5, 5.41) is 37.7. The highest BCUT2D eigenvalue weighted by Gasteiger charge is 2.58. The van der Waals surface area contributed by atoms with E-state index < -0.39 is 79.0 Å². The topological polar surface area (TPSA) is 345 Å². The average molecular weight is 1490 g/mol. The van der Waals surface area contributed by atoms with Gasteiger partial charge in [-0.3, -0.25) is 38.4 Å². The number of methoxy groups -OCH3 is 3. The number of para-hydroxylation sites is 1. The second-order valence-corrected chi connectivity index (χ2v) is 28.7. The second kappa shape index (κ2) is 32.2. The van der Waals surface area contributed by atoms with Crippen LogP contribution in [0.1, 0.15) is 123 Å². The van der Waals surface area contributed by atoms with Crippen LogP contribution in [0.15, 0.2) is 128 Å². The van der Waals surface area contributed by atoms with Gasteiger partial charge in [-0.05, 0) is 123 Å². The minimum Gasteiger partial charge on any atom is -0.497 e. The lowest BCUT2D eigenvalue weighted by Crippen LogP contribution is -2.55. The summed E-state index contributed by atoms with van der Waals surface area (Å²) in [6, 6.07) is 32.7. The zero-order valence-corrected chi connectivity index (χ0v) is 62.0. The summed E-state index contributed by atoms with van der Waals surface area (Å²) >= 11 is 0. The molecule has 9 amide bonds. The number of aromatic nitrogens is 3. The van der Waals surface area contributed by atoms with Crippen LogP contribution in [0, 0.1) is 11.3 Å². The van der Waals surface area contributed by atoms with Crippen molar-refractivity contribution in [3.05, 3.63) is 155 Å². The van der Waals surface area contributed by atoms with Crippen molar-refractivity contribution < 1.29 is 76.7 Å². The van der Waals surface area contributed by atoms with Gasteiger partial charge in [0.1, 0.15) is 30.1 Å². The van der Waals surface area contributed by atoms with E-state index in [9.17, 15) is 48.3 Å². The molecule has 29 heteroatoms. The van der Waals surface area contributed by atoms with E-state index in [2.05, 4.69) is 42.2 Å². The zero-order chi connectivity index (χ0) is 76.9. The molecular formula is C80H89N13O16. The molecule has 1 saturated heterocycles. The number of rotatable bonds is 26. The summed E-state index contributed by atoms with van der Waals surface area (Å²) in [7, 11) is 4.56. The lowest BCUT2D eigenvalue weighted by molar-refractivity contribution is -0.132. The van der Waals surface area contributed by atoms with E-state index in [1.165, 1.54) is 33.3 Å². The van der Waals surface area contributed by atoms with E-state index in [0.29, 0.717) is 77.7 Å². The molecule has 5 atom stereocenters. The van der Waals surface area contributed by atoms with Gasteiger partial charge in [0.25, 0.3) is 11.8 Å². The Hall–Kier alpha value is -12.0.